The summed E-state index contributed by atoms with van der Waals surface area (Å²) in [4.78, 5) is 10.5. The Morgan fingerprint density at radius 1 is 1.43 bits per heavy atom. The molecule has 0 saturated carbocycles. The molecule has 0 aliphatic carbocycles. The van der Waals surface area contributed by atoms with E-state index in [1.807, 2.05) is 13.8 Å². The SMILES string of the molecule is CC.COC1CC(O)CC(C(=O)O)O1. The van der Waals surface area contributed by atoms with Crippen molar-refractivity contribution in [2.45, 2.75) is 45.2 Å². The molecule has 1 rings (SSSR count). The molecule has 1 aliphatic heterocycles. The van der Waals surface area contributed by atoms with Gasteiger partial charge in [0.2, 0.25) is 0 Å². The highest BCUT2D eigenvalue weighted by Crippen LogP contribution is 2.19. The normalized spacial score (nSPS) is 31.6. The van der Waals surface area contributed by atoms with E-state index in [9.17, 15) is 9.90 Å². The highest BCUT2D eigenvalue weighted by Gasteiger charge is 2.32. The van der Waals surface area contributed by atoms with Crippen LogP contribution in [0, 0.1) is 0 Å². The molecule has 1 heterocycles. The lowest BCUT2D eigenvalue weighted by molar-refractivity contribution is -0.213. The van der Waals surface area contributed by atoms with Crippen LogP contribution in [0.1, 0.15) is 26.7 Å². The van der Waals surface area contributed by atoms with Gasteiger partial charge in [0.25, 0.3) is 0 Å². The Morgan fingerprint density at radius 2 is 2.00 bits per heavy atom. The molecule has 0 aromatic heterocycles. The van der Waals surface area contributed by atoms with E-state index in [2.05, 4.69) is 0 Å². The number of carboxylic acids is 1. The van der Waals surface area contributed by atoms with Crippen LogP contribution in [-0.2, 0) is 14.3 Å². The number of hydrogen-bond acceptors (Lipinski definition) is 4. The van der Waals surface area contributed by atoms with Crippen LogP contribution in [0.2, 0.25) is 0 Å². The topological polar surface area (TPSA) is 76.0 Å². The van der Waals surface area contributed by atoms with E-state index in [0.29, 0.717) is 6.42 Å². The molecule has 1 fully saturated rings. The molecule has 0 radical (unpaired) electrons. The van der Waals surface area contributed by atoms with E-state index >= 15 is 0 Å². The molecule has 0 aromatic carbocycles. The van der Waals surface area contributed by atoms with Gasteiger partial charge in [-0.3, -0.25) is 0 Å². The molecule has 0 aromatic rings. The third-order valence-corrected chi connectivity index (χ3v) is 1.81. The standard InChI is InChI=1S/C7H12O5.C2H6/c1-11-6-3-4(8)2-5(12-6)7(9)10;1-2/h4-6,8H,2-3H2,1H3,(H,9,10);1-2H3. The molecule has 0 spiro atoms. The monoisotopic (exact) mass is 206 g/mol. The van der Waals surface area contributed by atoms with Crippen LogP contribution in [0.15, 0.2) is 0 Å². The van der Waals surface area contributed by atoms with Gasteiger partial charge in [-0.1, -0.05) is 13.8 Å². The number of ether oxygens (including phenoxy) is 2. The predicted octanol–water partition coefficient (Wildman–Crippen LogP) is 0.610. The maximum Gasteiger partial charge on any atom is 0.333 e. The quantitative estimate of drug-likeness (QED) is 0.692. The first-order valence-corrected chi connectivity index (χ1v) is 4.72. The fourth-order valence-corrected chi connectivity index (χ4v) is 1.17. The minimum absolute atomic E-state index is 0.134. The van der Waals surface area contributed by atoms with Gasteiger partial charge in [0, 0.05) is 20.0 Å². The molecule has 3 unspecified atom stereocenters. The van der Waals surface area contributed by atoms with E-state index in [0.717, 1.165) is 0 Å². The summed E-state index contributed by atoms with van der Waals surface area (Å²) in [5.74, 6) is -1.06. The number of carbonyl (C=O) groups is 1. The Morgan fingerprint density at radius 3 is 2.43 bits per heavy atom. The van der Waals surface area contributed by atoms with E-state index < -0.39 is 24.5 Å². The molecule has 0 amide bonds. The second-order valence-corrected chi connectivity index (χ2v) is 2.75. The van der Waals surface area contributed by atoms with Gasteiger partial charge in [-0.2, -0.15) is 0 Å². The van der Waals surface area contributed by atoms with Crippen molar-refractivity contribution in [1.29, 1.82) is 0 Å². The maximum absolute atomic E-state index is 10.5. The van der Waals surface area contributed by atoms with E-state index in [1.165, 1.54) is 7.11 Å². The van der Waals surface area contributed by atoms with E-state index in [-0.39, 0.29) is 6.42 Å². The van der Waals surface area contributed by atoms with Crippen LogP contribution in [0.3, 0.4) is 0 Å². The zero-order chi connectivity index (χ0) is 11.1. The molecule has 1 aliphatic rings. The van der Waals surface area contributed by atoms with Crippen molar-refractivity contribution in [2.24, 2.45) is 0 Å². The lowest BCUT2D eigenvalue weighted by atomic mass is 10.1. The van der Waals surface area contributed by atoms with Crippen molar-refractivity contribution >= 4 is 5.97 Å². The van der Waals surface area contributed by atoms with Crippen molar-refractivity contribution in [3.8, 4) is 0 Å². The van der Waals surface area contributed by atoms with Gasteiger partial charge >= 0.3 is 5.97 Å². The summed E-state index contributed by atoms with van der Waals surface area (Å²) in [7, 11) is 1.42. The van der Waals surface area contributed by atoms with Gasteiger partial charge in [-0.05, 0) is 0 Å². The zero-order valence-electron chi connectivity index (χ0n) is 8.77. The zero-order valence-corrected chi connectivity index (χ0v) is 8.77. The lowest BCUT2D eigenvalue weighted by Crippen LogP contribution is -2.40. The van der Waals surface area contributed by atoms with Gasteiger partial charge in [0.1, 0.15) is 0 Å². The molecule has 0 bridgehead atoms. The Hall–Kier alpha value is -0.650. The largest absolute Gasteiger partial charge is 0.479 e. The number of carboxylic acid groups (broad SMARTS) is 1. The molecular formula is C9H18O5. The van der Waals surface area contributed by atoms with Crippen molar-refractivity contribution in [3.05, 3.63) is 0 Å². The Labute approximate surface area is 83.6 Å². The van der Waals surface area contributed by atoms with Gasteiger partial charge in [0.05, 0.1) is 6.10 Å². The average molecular weight is 206 g/mol. The summed E-state index contributed by atoms with van der Waals surface area (Å²) >= 11 is 0. The fourth-order valence-electron chi connectivity index (χ4n) is 1.17. The number of aliphatic hydroxyl groups excluding tert-OH is 1. The van der Waals surface area contributed by atoms with Crippen LogP contribution in [-0.4, -0.2) is 41.8 Å². The van der Waals surface area contributed by atoms with Gasteiger partial charge < -0.3 is 19.7 Å². The Kier molecular flexibility index (Phi) is 6.44. The number of hydrogen-bond donors (Lipinski definition) is 2. The number of aliphatic hydroxyl groups is 1. The summed E-state index contributed by atoms with van der Waals surface area (Å²) < 4.78 is 9.78. The third-order valence-electron chi connectivity index (χ3n) is 1.81. The average Bonchev–Trinajstić information content (AvgIpc) is 2.20. The number of methoxy groups -OCH3 is 1. The number of aliphatic carboxylic acids is 1. The Balaban J connectivity index is 0.000000791. The predicted molar refractivity (Wildman–Crippen MR) is 49.9 cm³/mol. The molecular weight excluding hydrogens is 188 g/mol. The second-order valence-electron chi connectivity index (χ2n) is 2.75. The fraction of sp³-hybridized carbons (Fsp3) is 0.889. The van der Waals surface area contributed by atoms with Gasteiger partial charge in [0.15, 0.2) is 12.4 Å². The second kappa shape index (κ2) is 6.75. The summed E-state index contributed by atoms with van der Waals surface area (Å²) in [6, 6.07) is 0. The molecule has 1 saturated heterocycles. The highest BCUT2D eigenvalue weighted by atomic mass is 16.7. The van der Waals surface area contributed by atoms with Crippen molar-refractivity contribution in [3.63, 3.8) is 0 Å². The maximum atomic E-state index is 10.5. The summed E-state index contributed by atoms with van der Waals surface area (Å²) in [5, 5.41) is 17.8. The molecule has 5 heteroatoms. The van der Waals surface area contributed by atoms with Crippen LogP contribution in [0.4, 0.5) is 0 Å². The van der Waals surface area contributed by atoms with Crippen molar-refractivity contribution in [2.75, 3.05) is 7.11 Å². The van der Waals surface area contributed by atoms with Crippen LogP contribution in [0.25, 0.3) is 0 Å². The minimum Gasteiger partial charge on any atom is -0.479 e. The van der Waals surface area contributed by atoms with Crippen LogP contribution < -0.4 is 0 Å². The molecule has 2 N–H and O–H groups in total. The first kappa shape index (κ1) is 13.4. The molecule has 14 heavy (non-hydrogen) atoms. The van der Waals surface area contributed by atoms with Crippen LogP contribution in [0.5, 0.6) is 0 Å². The smallest absolute Gasteiger partial charge is 0.333 e. The summed E-state index contributed by atoms with van der Waals surface area (Å²) in [5.41, 5.74) is 0. The first-order valence-electron chi connectivity index (χ1n) is 4.72. The Bertz CT molecular complexity index is 171. The van der Waals surface area contributed by atoms with Gasteiger partial charge in [-0.25, -0.2) is 4.79 Å². The summed E-state index contributed by atoms with van der Waals surface area (Å²) in [6.07, 6.45) is -1.73. The third kappa shape index (κ3) is 4.04. The van der Waals surface area contributed by atoms with E-state index in [4.69, 9.17) is 14.6 Å². The van der Waals surface area contributed by atoms with Crippen molar-refractivity contribution in [1.82, 2.24) is 0 Å². The highest BCUT2D eigenvalue weighted by molar-refractivity contribution is 5.72. The lowest BCUT2D eigenvalue weighted by Gasteiger charge is -2.29. The van der Waals surface area contributed by atoms with E-state index in [1.54, 1.807) is 0 Å². The van der Waals surface area contributed by atoms with Gasteiger partial charge in [-0.15, -0.1) is 0 Å². The molecule has 3 atom stereocenters. The molecule has 84 valence electrons. The summed E-state index contributed by atoms with van der Waals surface area (Å²) in [6.45, 7) is 4.00. The molecule has 5 nitrogen and oxygen atoms in total. The van der Waals surface area contributed by atoms with Crippen molar-refractivity contribution < 1.29 is 24.5 Å². The first-order chi connectivity index (χ1) is 6.63. The van der Waals surface area contributed by atoms with Crippen LogP contribution >= 0.6 is 0 Å². The number of rotatable bonds is 2. The minimum atomic E-state index is -1.06.